The minimum Gasteiger partial charge on any atom is -0.475 e. The zero-order valence-electron chi connectivity index (χ0n) is 19.6. The van der Waals surface area contributed by atoms with E-state index in [1.54, 1.807) is 25.1 Å². The van der Waals surface area contributed by atoms with Crippen molar-refractivity contribution in [1.29, 1.82) is 0 Å². The molecule has 1 N–H and O–H groups in total. The summed E-state index contributed by atoms with van der Waals surface area (Å²) in [6.45, 7) is 2.88. The molecule has 1 aromatic carbocycles. The van der Waals surface area contributed by atoms with Crippen molar-refractivity contribution in [3.63, 3.8) is 0 Å². The monoisotopic (exact) mass is 557 g/mol. The first-order chi connectivity index (χ1) is 16.8. The molecule has 1 unspecified atom stereocenters. The number of aryl methyl sites for hydroxylation is 1. The number of allylic oxidation sites excluding steroid dienone is 3. The lowest BCUT2D eigenvalue weighted by Gasteiger charge is -2.28. The smallest absolute Gasteiger partial charge is 0.243 e. The molecule has 10 heteroatoms. The maximum absolute atomic E-state index is 13.7. The summed E-state index contributed by atoms with van der Waals surface area (Å²) >= 11 is 9.83. The molecule has 0 radical (unpaired) electrons. The van der Waals surface area contributed by atoms with Crippen molar-refractivity contribution >= 4 is 44.8 Å². The number of rotatable bonds is 8. The summed E-state index contributed by atoms with van der Waals surface area (Å²) in [5.41, 5.74) is 0.624. The largest absolute Gasteiger partial charge is 0.475 e. The molecule has 0 spiro atoms. The maximum Gasteiger partial charge on any atom is 0.243 e. The Morgan fingerprint density at radius 2 is 2.06 bits per heavy atom. The van der Waals surface area contributed by atoms with Gasteiger partial charge in [-0.25, -0.2) is 0 Å². The summed E-state index contributed by atoms with van der Waals surface area (Å²) in [4.78, 5) is 24.5. The molecule has 35 heavy (non-hydrogen) atoms. The third-order valence-electron chi connectivity index (χ3n) is 5.54. The van der Waals surface area contributed by atoms with Crippen molar-refractivity contribution in [1.82, 2.24) is 20.0 Å². The Morgan fingerprint density at radius 3 is 2.71 bits per heavy atom. The molecule has 2 aromatic heterocycles. The van der Waals surface area contributed by atoms with Gasteiger partial charge in [0, 0.05) is 18.5 Å². The summed E-state index contributed by atoms with van der Waals surface area (Å²) < 4.78 is 11.7. The molecule has 1 atom stereocenters. The topological polar surface area (TPSA) is 93.4 Å². The number of anilines is 1. The number of hydrogen-bond donors (Lipinski definition) is 1. The minimum atomic E-state index is -1.18. The number of nitrogens with one attached hydrogen (secondary N) is 1. The molecule has 0 fully saturated rings. The lowest BCUT2D eigenvalue weighted by molar-refractivity contribution is -0.120. The van der Waals surface area contributed by atoms with Crippen molar-refractivity contribution < 1.29 is 14.1 Å². The van der Waals surface area contributed by atoms with E-state index < -0.39 is 5.41 Å². The Bertz CT molecular complexity index is 1290. The van der Waals surface area contributed by atoms with E-state index in [1.165, 1.54) is 0 Å². The first-order valence-corrected chi connectivity index (χ1v) is 12.2. The second-order valence-corrected chi connectivity index (χ2v) is 9.64. The molecule has 8 nitrogen and oxygen atoms in total. The second kappa shape index (κ2) is 10.7. The van der Waals surface area contributed by atoms with Gasteiger partial charge in [0.2, 0.25) is 17.7 Å². The van der Waals surface area contributed by atoms with Crippen LogP contribution in [0.15, 0.2) is 63.6 Å². The zero-order chi connectivity index (χ0) is 25.0. The van der Waals surface area contributed by atoms with E-state index in [-0.39, 0.29) is 11.7 Å². The maximum atomic E-state index is 13.7. The predicted molar refractivity (Wildman–Crippen MR) is 139 cm³/mol. The second-order valence-electron chi connectivity index (χ2n) is 8.37. The number of carbonyl (C=O) groups is 1. The molecule has 0 saturated heterocycles. The lowest BCUT2D eigenvalue weighted by Crippen LogP contribution is -2.40. The van der Waals surface area contributed by atoms with Gasteiger partial charge in [-0.2, -0.15) is 9.97 Å². The van der Waals surface area contributed by atoms with Crippen LogP contribution < -0.4 is 10.1 Å². The van der Waals surface area contributed by atoms with Gasteiger partial charge in [-0.3, -0.25) is 4.79 Å². The number of aromatic nitrogens is 3. The first-order valence-electron chi connectivity index (χ1n) is 11.0. The zero-order valence-corrected chi connectivity index (χ0v) is 21.9. The van der Waals surface area contributed by atoms with Gasteiger partial charge in [-0.05, 0) is 65.8 Å². The Morgan fingerprint density at radius 1 is 1.26 bits per heavy atom. The van der Waals surface area contributed by atoms with Gasteiger partial charge < -0.3 is 19.5 Å². The molecule has 0 aliphatic heterocycles. The van der Waals surface area contributed by atoms with Crippen LogP contribution in [0, 0.1) is 6.92 Å². The SMILES string of the molecule is Cc1nc(C2(C(=O)Nc3ccc(Br)c(OCCN(C)C)n3)C=CC(c3ccccc3Cl)=CC2)no1. The standard InChI is InChI=1S/C25H25BrClN5O3/c1-16-28-23(31-35-16)25(12-10-17(11-13-25)18-6-4-5-7-20(18)27)24(33)30-21-9-8-19(26)22(29-21)34-15-14-32(2)3/h4-12H,13-15H2,1-3H3,(H,29,30,33). The Balaban J connectivity index is 1.60. The molecule has 4 rings (SSSR count). The van der Waals surface area contributed by atoms with Crippen LogP contribution in [0.4, 0.5) is 5.82 Å². The number of nitrogens with zero attached hydrogens (tertiary/aromatic N) is 4. The lowest BCUT2D eigenvalue weighted by atomic mass is 9.77. The van der Waals surface area contributed by atoms with Gasteiger partial charge in [0.05, 0.1) is 4.47 Å². The van der Waals surface area contributed by atoms with Crippen LogP contribution in [0.5, 0.6) is 5.88 Å². The number of ether oxygens (including phenoxy) is 1. The fourth-order valence-corrected chi connectivity index (χ4v) is 4.18. The van der Waals surface area contributed by atoms with E-state index in [0.29, 0.717) is 40.1 Å². The van der Waals surface area contributed by atoms with E-state index >= 15 is 0 Å². The van der Waals surface area contributed by atoms with Crippen LogP contribution in [0.25, 0.3) is 5.57 Å². The number of benzene rings is 1. The number of pyridine rings is 1. The van der Waals surface area contributed by atoms with E-state index in [4.69, 9.17) is 20.9 Å². The molecular formula is C25H25BrClN5O3. The minimum absolute atomic E-state index is 0.276. The quantitative estimate of drug-likeness (QED) is 0.414. The molecule has 0 bridgehead atoms. The van der Waals surface area contributed by atoms with E-state index in [2.05, 4.69) is 36.4 Å². The molecule has 0 saturated carbocycles. The van der Waals surface area contributed by atoms with Crippen LogP contribution >= 0.6 is 27.5 Å². The van der Waals surface area contributed by atoms with Crippen molar-refractivity contribution in [2.24, 2.45) is 0 Å². The summed E-state index contributed by atoms with van der Waals surface area (Å²) in [6, 6.07) is 11.1. The average Bonchev–Trinajstić information content (AvgIpc) is 3.28. The highest BCUT2D eigenvalue weighted by atomic mass is 79.9. The third kappa shape index (κ3) is 5.63. The number of likely N-dealkylation sites (N-methyl/N-ethyl adjacent to an activating group) is 1. The van der Waals surface area contributed by atoms with Gasteiger partial charge in [-0.15, -0.1) is 0 Å². The van der Waals surface area contributed by atoms with Gasteiger partial charge in [0.1, 0.15) is 17.8 Å². The highest BCUT2D eigenvalue weighted by molar-refractivity contribution is 9.10. The van der Waals surface area contributed by atoms with Crippen molar-refractivity contribution in [3.05, 3.63) is 81.4 Å². The fraction of sp³-hybridized carbons (Fsp3) is 0.280. The van der Waals surface area contributed by atoms with E-state index in [0.717, 1.165) is 17.7 Å². The molecule has 2 heterocycles. The van der Waals surface area contributed by atoms with Crippen LogP contribution in [0.1, 0.15) is 23.7 Å². The van der Waals surface area contributed by atoms with Gasteiger partial charge >= 0.3 is 0 Å². The summed E-state index contributed by atoms with van der Waals surface area (Å²) in [7, 11) is 3.93. The van der Waals surface area contributed by atoms with E-state index in [9.17, 15) is 4.79 Å². The van der Waals surface area contributed by atoms with Gasteiger partial charge in [0.15, 0.2) is 5.82 Å². The number of hydrogen-bond acceptors (Lipinski definition) is 7. The molecule has 1 amide bonds. The molecule has 1 aliphatic carbocycles. The molecule has 1 aliphatic rings. The highest BCUT2D eigenvalue weighted by Crippen LogP contribution is 2.38. The molecule has 182 valence electrons. The molecular weight excluding hydrogens is 534 g/mol. The molecule has 3 aromatic rings. The predicted octanol–water partition coefficient (Wildman–Crippen LogP) is 5.05. The van der Waals surface area contributed by atoms with Gasteiger partial charge in [-0.1, -0.05) is 53.2 Å². The van der Waals surface area contributed by atoms with Gasteiger partial charge in [0.25, 0.3) is 0 Å². The van der Waals surface area contributed by atoms with E-state index in [1.807, 2.05) is 55.4 Å². The summed E-state index contributed by atoms with van der Waals surface area (Å²) in [6.07, 6.45) is 5.92. The summed E-state index contributed by atoms with van der Waals surface area (Å²) in [5.74, 6) is 1.07. The van der Waals surface area contributed by atoms with Crippen molar-refractivity contribution in [2.75, 3.05) is 32.6 Å². The first kappa shape index (κ1) is 25.1. The third-order valence-corrected chi connectivity index (χ3v) is 6.47. The number of amides is 1. The highest BCUT2D eigenvalue weighted by Gasteiger charge is 2.43. The Labute approximate surface area is 217 Å². The van der Waals surface area contributed by atoms with Crippen LogP contribution in [0.2, 0.25) is 5.02 Å². The Kier molecular flexibility index (Phi) is 7.69. The van der Waals surface area contributed by atoms with Crippen LogP contribution in [-0.4, -0.2) is 53.2 Å². The normalized spacial score (nSPS) is 17.4. The number of carbonyl (C=O) groups excluding carboxylic acids is 1. The average molecular weight is 559 g/mol. The van der Waals surface area contributed by atoms with Crippen LogP contribution in [-0.2, 0) is 10.2 Å². The summed E-state index contributed by atoms with van der Waals surface area (Å²) in [5, 5.41) is 7.61. The van der Waals surface area contributed by atoms with Crippen molar-refractivity contribution in [3.8, 4) is 5.88 Å². The van der Waals surface area contributed by atoms with Crippen LogP contribution in [0.3, 0.4) is 0 Å². The number of halogens is 2. The Hall–Kier alpha value is -3.01. The fourth-order valence-electron chi connectivity index (χ4n) is 3.60. The van der Waals surface area contributed by atoms with Crippen molar-refractivity contribution in [2.45, 2.75) is 18.8 Å².